The van der Waals surface area contributed by atoms with Gasteiger partial charge >= 0.3 is 12.1 Å². The third kappa shape index (κ3) is 6.02. The van der Waals surface area contributed by atoms with E-state index in [2.05, 4.69) is 0 Å². The van der Waals surface area contributed by atoms with E-state index >= 15 is 0 Å². The molecule has 1 fully saturated rings. The van der Waals surface area contributed by atoms with Gasteiger partial charge < -0.3 is 30.5 Å². The van der Waals surface area contributed by atoms with Crippen molar-refractivity contribution >= 4 is 29.4 Å². The standard InChI is InChI=1S/C18H24F3NO6S2/c1-8(30-10-5-3-9(7-23)4-6-10)11(22-17(27)18(19,20)21)15-13(25)12(24)14(26)16(28-15)29-2/h3-6,8,11-16,23-26H,7H2,1-2H3,(H,22,27)/t8-,11+,12?,13?,14+,15+,16?/m0/s1. The average Bonchev–Trinajstić information content (AvgIpc) is 2.70. The fourth-order valence-electron chi connectivity index (χ4n) is 3.03. The van der Waals surface area contributed by atoms with Crippen LogP contribution in [0.5, 0.6) is 0 Å². The second-order valence-corrected chi connectivity index (χ2v) is 9.19. The van der Waals surface area contributed by atoms with Gasteiger partial charge in [-0.15, -0.1) is 23.5 Å². The van der Waals surface area contributed by atoms with E-state index in [1.165, 1.54) is 0 Å². The van der Waals surface area contributed by atoms with Crippen molar-refractivity contribution in [3.63, 3.8) is 0 Å². The number of hydrogen-bond donors (Lipinski definition) is 5. The summed E-state index contributed by atoms with van der Waals surface area (Å²) in [4.78, 5) is 12.3. The third-order valence-corrected chi connectivity index (χ3v) is 6.75. The van der Waals surface area contributed by atoms with Gasteiger partial charge in [-0.05, 0) is 24.0 Å². The summed E-state index contributed by atoms with van der Waals surface area (Å²) in [6, 6.07) is 5.28. The van der Waals surface area contributed by atoms with Crippen LogP contribution < -0.4 is 5.32 Å². The number of hydrogen-bond acceptors (Lipinski definition) is 8. The third-order valence-electron chi connectivity index (χ3n) is 4.68. The minimum Gasteiger partial charge on any atom is -0.392 e. The molecule has 0 saturated carbocycles. The van der Waals surface area contributed by atoms with E-state index in [0.717, 1.165) is 23.5 Å². The highest BCUT2D eigenvalue weighted by atomic mass is 32.2. The molecule has 5 N–H and O–H groups in total. The van der Waals surface area contributed by atoms with Crippen molar-refractivity contribution in [2.24, 2.45) is 0 Å². The molecule has 1 saturated heterocycles. The highest BCUT2D eigenvalue weighted by Gasteiger charge is 2.50. The van der Waals surface area contributed by atoms with Gasteiger partial charge in [0.15, 0.2) is 0 Å². The molecule has 1 aliphatic rings. The van der Waals surface area contributed by atoms with Gasteiger partial charge in [0.1, 0.15) is 29.9 Å². The number of alkyl halides is 3. The molecule has 170 valence electrons. The van der Waals surface area contributed by atoms with Crippen molar-refractivity contribution in [2.75, 3.05) is 6.26 Å². The van der Waals surface area contributed by atoms with Crippen LogP contribution >= 0.6 is 23.5 Å². The first kappa shape index (κ1) is 25.2. The van der Waals surface area contributed by atoms with Crippen LogP contribution in [-0.2, 0) is 16.1 Å². The van der Waals surface area contributed by atoms with Crippen LogP contribution in [0.4, 0.5) is 13.2 Å². The van der Waals surface area contributed by atoms with E-state index in [-0.39, 0.29) is 6.61 Å². The van der Waals surface area contributed by atoms with Crippen molar-refractivity contribution in [3.05, 3.63) is 29.8 Å². The first-order valence-corrected chi connectivity index (χ1v) is 11.1. The lowest BCUT2D eigenvalue weighted by molar-refractivity contribution is -0.207. The predicted molar refractivity (Wildman–Crippen MR) is 106 cm³/mol. The maximum atomic E-state index is 12.9. The smallest absolute Gasteiger partial charge is 0.392 e. The van der Waals surface area contributed by atoms with E-state index in [9.17, 15) is 33.3 Å². The fourth-order valence-corrected chi connectivity index (χ4v) is 4.80. The summed E-state index contributed by atoms with van der Waals surface area (Å²) in [5, 5.41) is 40.8. The Labute approximate surface area is 180 Å². The Kier molecular flexibility index (Phi) is 8.86. The minimum atomic E-state index is -5.15. The van der Waals surface area contributed by atoms with Crippen molar-refractivity contribution in [1.29, 1.82) is 0 Å². The molecular weight excluding hydrogens is 447 g/mol. The van der Waals surface area contributed by atoms with Crippen LogP contribution in [0.25, 0.3) is 0 Å². The molecule has 3 unspecified atom stereocenters. The maximum absolute atomic E-state index is 12.9. The number of benzene rings is 1. The number of rotatable bonds is 7. The molecule has 0 aliphatic carbocycles. The molecule has 0 spiro atoms. The summed E-state index contributed by atoms with van der Waals surface area (Å²) in [6.07, 6.45) is -9.80. The van der Waals surface area contributed by atoms with E-state index in [1.807, 2.05) is 5.32 Å². The molecule has 7 atom stereocenters. The monoisotopic (exact) mass is 471 g/mol. The molecule has 2 rings (SSSR count). The van der Waals surface area contributed by atoms with Gasteiger partial charge in [-0.1, -0.05) is 19.1 Å². The molecule has 0 bridgehead atoms. The summed E-state index contributed by atoms with van der Waals surface area (Å²) in [7, 11) is 0. The Balaban J connectivity index is 2.29. The Hall–Kier alpha value is -1.02. The number of thioether (sulfide) groups is 2. The largest absolute Gasteiger partial charge is 0.471 e. The lowest BCUT2D eigenvalue weighted by atomic mass is 9.93. The molecule has 7 nitrogen and oxygen atoms in total. The number of carbonyl (C=O) groups is 1. The number of nitrogens with one attached hydrogen (secondary N) is 1. The summed E-state index contributed by atoms with van der Waals surface area (Å²) in [6.45, 7) is 1.39. The SMILES string of the molecule is CSC1O[C@H]([C@H](NC(=O)C(F)(F)F)[C@H](C)Sc2ccc(CO)cc2)C(O)C(O)[C@H]1O. The molecule has 1 heterocycles. The van der Waals surface area contributed by atoms with E-state index in [4.69, 9.17) is 9.84 Å². The predicted octanol–water partition coefficient (Wildman–Crippen LogP) is 0.877. The fraction of sp³-hybridized carbons (Fsp3) is 0.611. The highest BCUT2D eigenvalue weighted by Crippen LogP contribution is 2.34. The summed E-state index contributed by atoms with van der Waals surface area (Å²) in [5.41, 5.74) is -0.348. The Morgan fingerprint density at radius 3 is 2.27 bits per heavy atom. The Morgan fingerprint density at radius 1 is 1.17 bits per heavy atom. The molecule has 1 aromatic rings. The molecule has 1 aliphatic heterocycles. The molecule has 1 aromatic carbocycles. The van der Waals surface area contributed by atoms with Crippen molar-refractivity contribution < 1.29 is 43.1 Å². The summed E-state index contributed by atoms with van der Waals surface area (Å²) >= 11 is 2.14. The van der Waals surface area contributed by atoms with Crippen molar-refractivity contribution in [2.45, 2.75) is 65.7 Å². The summed E-state index contributed by atoms with van der Waals surface area (Å²) in [5.74, 6) is -2.20. The second-order valence-electron chi connectivity index (χ2n) is 6.80. The topological polar surface area (TPSA) is 119 Å². The number of halogens is 3. The van der Waals surface area contributed by atoms with Gasteiger partial charge in [0.05, 0.1) is 12.6 Å². The van der Waals surface area contributed by atoms with Gasteiger partial charge in [-0.2, -0.15) is 13.2 Å². The number of aliphatic hydroxyl groups excluding tert-OH is 4. The number of ether oxygens (including phenoxy) is 1. The Bertz CT molecular complexity index is 706. The molecular formula is C18H24F3NO6S2. The maximum Gasteiger partial charge on any atom is 0.471 e. The van der Waals surface area contributed by atoms with Crippen molar-refractivity contribution in [3.8, 4) is 0 Å². The zero-order valence-corrected chi connectivity index (χ0v) is 17.7. The van der Waals surface area contributed by atoms with Crippen LogP contribution in [0.1, 0.15) is 12.5 Å². The van der Waals surface area contributed by atoms with Gasteiger partial charge in [-0.25, -0.2) is 0 Å². The van der Waals surface area contributed by atoms with Crippen LogP contribution in [-0.4, -0.2) is 79.9 Å². The van der Waals surface area contributed by atoms with Gasteiger partial charge in [0, 0.05) is 10.1 Å². The Morgan fingerprint density at radius 2 is 1.77 bits per heavy atom. The number of carbonyl (C=O) groups excluding carboxylic acids is 1. The van der Waals surface area contributed by atoms with E-state index < -0.39 is 53.2 Å². The van der Waals surface area contributed by atoms with Gasteiger partial charge in [0.2, 0.25) is 0 Å². The second kappa shape index (κ2) is 10.5. The van der Waals surface area contributed by atoms with Crippen LogP contribution in [0.2, 0.25) is 0 Å². The van der Waals surface area contributed by atoms with Gasteiger partial charge in [-0.3, -0.25) is 4.79 Å². The average molecular weight is 472 g/mol. The zero-order chi connectivity index (χ0) is 22.6. The first-order chi connectivity index (χ1) is 14.0. The zero-order valence-electron chi connectivity index (χ0n) is 16.1. The molecule has 30 heavy (non-hydrogen) atoms. The number of amides is 1. The normalized spacial score (nSPS) is 29.3. The van der Waals surface area contributed by atoms with Crippen LogP contribution in [0.3, 0.4) is 0 Å². The van der Waals surface area contributed by atoms with Gasteiger partial charge in [0.25, 0.3) is 0 Å². The number of aliphatic hydroxyl groups is 4. The quantitative estimate of drug-likeness (QED) is 0.372. The van der Waals surface area contributed by atoms with E-state index in [1.54, 1.807) is 37.4 Å². The molecule has 12 heteroatoms. The lowest BCUT2D eigenvalue weighted by Crippen LogP contribution is -2.65. The molecule has 0 radical (unpaired) electrons. The van der Waals surface area contributed by atoms with Crippen LogP contribution in [0.15, 0.2) is 29.2 Å². The first-order valence-electron chi connectivity index (χ1n) is 8.96. The summed E-state index contributed by atoms with van der Waals surface area (Å²) < 4.78 is 44.2. The lowest BCUT2D eigenvalue weighted by Gasteiger charge is -2.44. The molecule has 0 aromatic heterocycles. The van der Waals surface area contributed by atoms with Crippen LogP contribution in [0, 0.1) is 0 Å². The van der Waals surface area contributed by atoms with E-state index in [0.29, 0.717) is 10.5 Å². The minimum absolute atomic E-state index is 0.164. The molecule has 1 amide bonds. The van der Waals surface area contributed by atoms with Crippen molar-refractivity contribution in [1.82, 2.24) is 5.32 Å². The highest BCUT2D eigenvalue weighted by molar-refractivity contribution is 8.00.